The molecule has 2 N–H and O–H groups in total. The molecule has 0 fully saturated rings. The van der Waals surface area contributed by atoms with Gasteiger partial charge in [0.2, 0.25) is 5.56 Å². The molecule has 0 bridgehead atoms. The van der Waals surface area contributed by atoms with Crippen molar-refractivity contribution in [3.8, 4) is 6.07 Å². The molecule has 5 nitrogen and oxygen atoms in total. The number of H-pyrrole nitrogens is 1. The van der Waals surface area contributed by atoms with Crippen molar-refractivity contribution in [3.63, 3.8) is 0 Å². The lowest BCUT2D eigenvalue weighted by molar-refractivity contribution is 0.102. The topological polar surface area (TPSA) is 85.8 Å². The third kappa shape index (κ3) is 2.87. The number of anilines is 1. The van der Waals surface area contributed by atoms with Crippen LogP contribution in [0.3, 0.4) is 0 Å². The molecular formula is C14H11N3O2. The van der Waals surface area contributed by atoms with Gasteiger partial charge in [0.1, 0.15) is 5.69 Å². The van der Waals surface area contributed by atoms with E-state index in [1.165, 1.54) is 18.2 Å². The second-order valence-electron chi connectivity index (χ2n) is 4.02. The highest BCUT2D eigenvalue weighted by Crippen LogP contribution is 2.17. The molecule has 0 saturated heterocycles. The molecule has 0 atom stereocenters. The normalized spacial score (nSPS) is 9.68. The van der Waals surface area contributed by atoms with E-state index in [0.717, 1.165) is 5.56 Å². The predicted octanol–water partition coefficient (Wildman–Crippen LogP) is 1.81. The fraction of sp³-hybridized carbons (Fsp3) is 0.0714. The molecule has 94 valence electrons. The molecule has 19 heavy (non-hydrogen) atoms. The summed E-state index contributed by atoms with van der Waals surface area (Å²) in [5, 5.41) is 11.5. The van der Waals surface area contributed by atoms with Gasteiger partial charge in [-0.3, -0.25) is 9.59 Å². The smallest absolute Gasteiger partial charge is 0.272 e. The summed E-state index contributed by atoms with van der Waals surface area (Å²) in [6, 6.07) is 11.4. The maximum absolute atomic E-state index is 12.0. The van der Waals surface area contributed by atoms with Crippen molar-refractivity contribution in [3.05, 3.63) is 63.6 Å². The van der Waals surface area contributed by atoms with Gasteiger partial charge >= 0.3 is 0 Å². The second-order valence-corrected chi connectivity index (χ2v) is 4.02. The van der Waals surface area contributed by atoms with E-state index in [1.807, 2.05) is 13.0 Å². The third-order valence-corrected chi connectivity index (χ3v) is 2.63. The van der Waals surface area contributed by atoms with Gasteiger partial charge in [-0.2, -0.15) is 5.26 Å². The van der Waals surface area contributed by atoms with Crippen molar-refractivity contribution in [1.29, 1.82) is 5.26 Å². The lowest BCUT2D eigenvalue weighted by Crippen LogP contribution is -2.18. The summed E-state index contributed by atoms with van der Waals surface area (Å²) in [5.41, 5.74) is 1.69. The van der Waals surface area contributed by atoms with Crippen LogP contribution in [0, 0.1) is 18.3 Å². The second kappa shape index (κ2) is 5.19. The van der Waals surface area contributed by atoms with Gasteiger partial charge in [0.15, 0.2) is 0 Å². The fourth-order valence-corrected chi connectivity index (χ4v) is 1.60. The highest BCUT2D eigenvalue weighted by atomic mass is 16.2. The molecule has 1 aromatic carbocycles. The number of nitrogens with one attached hydrogen (secondary N) is 2. The van der Waals surface area contributed by atoms with Gasteiger partial charge in [0, 0.05) is 11.8 Å². The summed E-state index contributed by atoms with van der Waals surface area (Å²) in [6.45, 7) is 1.82. The summed E-state index contributed by atoms with van der Waals surface area (Å²) < 4.78 is 0. The van der Waals surface area contributed by atoms with Crippen LogP contribution < -0.4 is 10.9 Å². The van der Waals surface area contributed by atoms with Crippen molar-refractivity contribution < 1.29 is 4.79 Å². The zero-order valence-electron chi connectivity index (χ0n) is 10.2. The number of carbonyl (C=O) groups excluding carboxylic acids is 1. The Hall–Kier alpha value is -2.87. The van der Waals surface area contributed by atoms with E-state index in [1.54, 1.807) is 18.2 Å². The quantitative estimate of drug-likeness (QED) is 0.855. The standard InChI is InChI=1S/C14H11N3O2/c1-9-5-6-10(8-15)7-12(9)17-14(19)11-3-2-4-13(18)16-11/h2-7H,1H3,(H,16,18)(H,17,19). The average Bonchev–Trinajstić information content (AvgIpc) is 2.41. The van der Waals surface area contributed by atoms with Crippen molar-refractivity contribution >= 4 is 11.6 Å². The Morgan fingerprint density at radius 3 is 2.79 bits per heavy atom. The molecule has 0 unspecified atom stereocenters. The molecule has 0 radical (unpaired) electrons. The Balaban J connectivity index is 2.29. The van der Waals surface area contributed by atoms with Crippen LogP contribution in [0.25, 0.3) is 0 Å². The van der Waals surface area contributed by atoms with Crippen LogP contribution in [0.2, 0.25) is 0 Å². The third-order valence-electron chi connectivity index (χ3n) is 2.63. The Bertz CT molecular complexity index is 726. The highest BCUT2D eigenvalue weighted by molar-refractivity contribution is 6.03. The molecule has 0 aliphatic rings. The maximum Gasteiger partial charge on any atom is 0.272 e. The maximum atomic E-state index is 12.0. The van der Waals surface area contributed by atoms with E-state index in [4.69, 9.17) is 5.26 Å². The van der Waals surface area contributed by atoms with Gasteiger partial charge in [0.05, 0.1) is 11.6 Å². The van der Waals surface area contributed by atoms with E-state index in [0.29, 0.717) is 11.3 Å². The number of aromatic amines is 1. The van der Waals surface area contributed by atoms with E-state index < -0.39 is 5.91 Å². The highest BCUT2D eigenvalue weighted by Gasteiger charge is 2.08. The number of aryl methyl sites for hydroxylation is 1. The minimum atomic E-state index is -0.420. The molecule has 0 aliphatic heterocycles. The number of hydrogen-bond donors (Lipinski definition) is 2. The zero-order valence-corrected chi connectivity index (χ0v) is 10.2. The van der Waals surface area contributed by atoms with Crippen LogP contribution in [0.1, 0.15) is 21.6 Å². The van der Waals surface area contributed by atoms with Gasteiger partial charge < -0.3 is 10.3 Å². The number of benzene rings is 1. The Morgan fingerprint density at radius 1 is 1.32 bits per heavy atom. The molecule has 1 heterocycles. The fourth-order valence-electron chi connectivity index (χ4n) is 1.60. The van der Waals surface area contributed by atoms with Crippen LogP contribution >= 0.6 is 0 Å². The molecule has 0 spiro atoms. The number of nitriles is 1. The van der Waals surface area contributed by atoms with Crippen LogP contribution in [-0.4, -0.2) is 10.9 Å². The number of nitrogens with zero attached hydrogens (tertiary/aromatic N) is 1. The van der Waals surface area contributed by atoms with Crippen LogP contribution in [-0.2, 0) is 0 Å². The number of pyridine rings is 1. The molecule has 0 aliphatic carbocycles. The Kier molecular flexibility index (Phi) is 3.44. The number of hydrogen-bond acceptors (Lipinski definition) is 3. The van der Waals surface area contributed by atoms with E-state index in [9.17, 15) is 9.59 Å². The minimum absolute atomic E-state index is 0.175. The minimum Gasteiger partial charge on any atom is -0.320 e. The molecule has 1 amide bonds. The van der Waals surface area contributed by atoms with E-state index in [2.05, 4.69) is 10.3 Å². The van der Waals surface area contributed by atoms with Crippen LogP contribution in [0.15, 0.2) is 41.2 Å². The molecule has 2 aromatic rings. The lowest BCUT2D eigenvalue weighted by atomic mass is 10.1. The summed E-state index contributed by atoms with van der Waals surface area (Å²) in [6.07, 6.45) is 0. The summed E-state index contributed by atoms with van der Waals surface area (Å²) in [5.74, 6) is -0.420. The Morgan fingerprint density at radius 2 is 2.11 bits per heavy atom. The van der Waals surface area contributed by atoms with Crippen molar-refractivity contribution in [2.24, 2.45) is 0 Å². The summed E-state index contributed by atoms with van der Waals surface area (Å²) in [7, 11) is 0. The van der Waals surface area contributed by atoms with Crippen molar-refractivity contribution in [1.82, 2.24) is 4.98 Å². The predicted molar refractivity (Wildman–Crippen MR) is 70.9 cm³/mol. The van der Waals surface area contributed by atoms with Gasteiger partial charge in [-0.25, -0.2) is 0 Å². The SMILES string of the molecule is Cc1ccc(C#N)cc1NC(=O)c1cccc(=O)[nH]1. The van der Waals surface area contributed by atoms with Gasteiger partial charge in [-0.1, -0.05) is 12.1 Å². The van der Waals surface area contributed by atoms with E-state index in [-0.39, 0.29) is 11.3 Å². The van der Waals surface area contributed by atoms with E-state index >= 15 is 0 Å². The number of aromatic nitrogens is 1. The van der Waals surface area contributed by atoms with Gasteiger partial charge in [0.25, 0.3) is 5.91 Å². The lowest BCUT2D eigenvalue weighted by Gasteiger charge is -2.08. The number of carbonyl (C=O) groups is 1. The summed E-state index contributed by atoms with van der Waals surface area (Å²) >= 11 is 0. The first-order valence-electron chi connectivity index (χ1n) is 5.61. The molecule has 5 heteroatoms. The molecule has 0 saturated carbocycles. The first-order chi connectivity index (χ1) is 9.10. The number of amides is 1. The first kappa shape index (κ1) is 12.6. The molecule has 1 aromatic heterocycles. The Labute approximate surface area is 109 Å². The van der Waals surface area contributed by atoms with Gasteiger partial charge in [-0.05, 0) is 30.7 Å². The average molecular weight is 253 g/mol. The van der Waals surface area contributed by atoms with Crippen molar-refractivity contribution in [2.75, 3.05) is 5.32 Å². The van der Waals surface area contributed by atoms with Crippen molar-refractivity contribution in [2.45, 2.75) is 6.92 Å². The monoisotopic (exact) mass is 253 g/mol. The van der Waals surface area contributed by atoms with Crippen LogP contribution in [0.4, 0.5) is 5.69 Å². The van der Waals surface area contributed by atoms with Gasteiger partial charge in [-0.15, -0.1) is 0 Å². The first-order valence-corrected chi connectivity index (χ1v) is 5.61. The summed E-state index contributed by atoms with van der Waals surface area (Å²) in [4.78, 5) is 25.5. The number of rotatable bonds is 2. The molecular weight excluding hydrogens is 242 g/mol. The molecule has 2 rings (SSSR count). The largest absolute Gasteiger partial charge is 0.320 e. The zero-order chi connectivity index (χ0) is 13.8. The van der Waals surface area contributed by atoms with Crippen LogP contribution in [0.5, 0.6) is 0 Å².